The quantitative estimate of drug-likeness (QED) is 0.437. The Morgan fingerprint density at radius 1 is 0.692 bits per heavy atom. The molecule has 4 rings (SSSR count). The van der Waals surface area contributed by atoms with Crippen LogP contribution in [0, 0.1) is 0 Å². The average molecular weight is 380 g/mol. The summed E-state index contributed by atoms with van der Waals surface area (Å²) in [4.78, 5) is 0. The van der Waals surface area contributed by atoms with Gasteiger partial charge in [0.05, 0.1) is 12.2 Å². The van der Waals surface area contributed by atoms with Crippen LogP contribution >= 0.6 is 23.2 Å². The average Bonchev–Trinajstić information content (AvgIpc) is 3.07. The van der Waals surface area contributed by atoms with E-state index in [-0.39, 0.29) is 0 Å². The monoisotopic (exact) mass is 379 g/mol. The molecule has 5 heteroatoms. The van der Waals surface area contributed by atoms with Gasteiger partial charge in [0.15, 0.2) is 0 Å². The first-order chi connectivity index (χ1) is 12.7. The molecule has 0 saturated carbocycles. The van der Waals surface area contributed by atoms with Crippen molar-refractivity contribution in [1.82, 2.24) is 15.0 Å². The van der Waals surface area contributed by atoms with E-state index < -0.39 is 0 Å². The van der Waals surface area contributed by atoms with Gasteiger partial charge < -0.3 is 0 Å². The summed E-state index contributed by atoms with van der Waals surface area (Å²) in [6.45, 7) is 0.638. The molecule has 3 nitrogen and oxygen atoms in total. The molecule has 0 spiro atoms. The Morgan fingerprint density at radius 2 is 1.27 bits per heavy atom. The van der Waals surface area contributed by atoms with Crippen LogP contribution in [-0.2, 0) is 6.54 Å². The molecule has 0 saturated heterocycles. The van der Waals surface area contributed by atoms with Gasteiger partial charge in [-0.15, -0.1) is 5.10 Å². The molecular formula is C21H15Cl2N3. The first kappa shape index (κ1) is 16.8. The largest absolute Gasteiger partial charge is 0.240 e. The van der Waals surface area contributed by atoms with Crippen LogP contribution in [0.5, 0.6) is 0 Å². The highest BCUT2D eigenvalue weighted by molar-refractivity contribution is 6.31. The lowest BCUT2D eigenvalue weighted by Crippen LogP contribution is -2.04. The standard InChI is InChI=1S/C21H15Cl2N3/c22-18-10-6-16(7-11-18)20-21(17-8-12-19(23)13-9-17)26(25-24-20)14-15-4-2-1-3-5-15/h1-13H,14H2. The van der Waals surface area contributed by atoms with E-state index in [1.165, 1.54) is 0 Å². The SMILES string of the molecule is Clc1ccc(-c2nnn(Cc3ccccc3)c2-c2ccc(Cl)cc2)cc1. The second-order valence-electron chi connectivity index (χ2n) is 5.94. The van der Waals surface area contributed by atoms with Crippen molar-refractivity contribution in [2.24, 2.45) is 0 Å². The van der Waals surface area contributed by atoms with Gasteiger partial charge in [0.25, 0.3) is 0 Å². The molecule has 0 bridgehead atoms. The van der Waals surface area contributed by atoms with Gasteiger partial charge in [0, 0.05) is 21.2 Å². The summed E-state index contributed by atoms with van der Waals surface area (Å²) in [5.74, 6) is 0. The maximum atomic E-state index is 6.06. The van der Waals surface area contributed by atoms with Crippen molar-refractivity contribution in [2.75, 3.05) is 0 Å². The van der Waals surface area contributed by atoms with E-state index in [1.807, 2.05) is 71.4 Å². The zero-order valence-electron chi connectivity index (χ0n) is 13.8. The van der Waals surface area contributed by atoms with E-state index >= 15 is 0 Å². The predicted octanol–water partition coefficient (Wildman–Crippen LogP) is 5.97. The summed E-state index contributed by atoms with van der Waals surface area (Å²) in [6.07, 6.45) is 0. The molecule has 0 atom stereocenters. The van der Waals surface area contributed by atoms with Crippen molar-refractivity contribution in [3.8, 4) is 22.5 Å². The third kappa shape index (κ3) is 3.50. The fraction of sp³-hybridized carbons (Fsp3) is 0.0476. The molecule has 1 aromatic heterocycles. The third-order valence-corrected chi connectivity index (χ3v) is 4.65. The Bertz CT molecular complexity index is 1010. The van der Waals surface area contributed by atoms with E-state index in [9.17, 15) is 0 Å². The smallest absolute Gasteiger partial charge is 0.121 e. The number of benzene rings is 3. The summed E-state index contributed by atoms with van der Waals surface area (Å²) in [5, 5.41) is 10.2. The highest BCUT2D eigenvalue weighted by Crippen LogP contribution is 2.32. The van der Waals surface area contributed by atoms with E-state index in [0.717, 1.165) is 28.1 Å². The molecule has 0 aliphatic carbocycles. The highest BCUT2D eigenvalue weighted by Gasteiger charge is 2.17. The molecule has 4 aromatic rings. The summed E-state index contributed by atoms with van der Waals surface area (Å²) in [5.41, 5.74) is 4.92. The Labute approximate surface area is 161 Å². The van der Waals surface area contributed by atoms with E-state index in [0.29, 0.717) is 16.6 Å². The van der Waals surface area contributed by atoms with Gasteiger partial charge in [-0.05, 0) is 29.8 Å². The molecule has 1 heterocycles. The van der Waals surface area contributed by atoms with Gasteiger partial charge in [0.2, 0.25) is 0 Å². The molecule has 0 amide bonds. The Hall–Kier alpha value is -2.62. The van der Waals surface area contributed by atoms with Gasteiger partial charge >= 0.3 is 0 Å². The number of hydrogen-bond donors (Lipinski definition) is 0. The van der Waals surface area contributed by atoms with Crippen LogP contribution in [0.4, 0.5) is 0 Å². The van der Waals surface area contributed by atoms with E-state index in [2.05, 4.69) is 22.4 Å². The van der Waals surface area contributed by atoms with Crippen LogP contribution in [0.25, 0.3) is 22.5 Å². The van der Waals surface area contributed by atoms with Crippen LogP contribution in [-0.4, -0.2) is 15.0 Å². The second kappa shape index (κ2) is 7.32. The van der Waals surface area contributed by atoms with Crippen molar-refractivity contribution in [3.05, 3.63) is 94.5 Å². The molecule has 0 radical (unpaired) electrons. The third-order valence-electron chi connectivity index (χ3n) is 4.15. The van der Waals surface area contributed by atoms with Crippen LogP contribution in [0.15, 0.2) is 78.9 Å². The Morgan fingerprint density at radius 3 is 1.88 bits per heavy atom. The summed E-state index contributed by atoms with van der Waals surface area (Å²) in [6, 6.07) is 25.6. The minimum atomic E-state index is 0.638. The lowest BCUT2D eigenvalue weighted by Gasteiger charge is -2.09. The van der Waals surface area contributed by atoms with E-state index in [4.69, 9.17) is 23.2 Å². The Balaban J connectivity index is 1.84. The Kier molecular flexibility index (Phi) is 4.74. The van der Waals surface area contributed by atoms with Gasteiger partial charge in [0.1, 0.15) is 5.69 Å². The maximum Gasteiger partial charge on any atom is 0.121 e. The van der Waals surface area contributed by atoms with Gasteiger partial charge in [-0.1, -0.05) is 83.0 Å². The van der Waals surface area contributed by atoms with Crippen molar-refractivity contribution >= 4 is 23.2 Å². The summed E-state index contributed by atoms with van der Waals surface area (Å²) in [7, 11) is 0. The predicted molar refractivity (Wildman–Crippen MR) is 106 cm³/mol. The maximum absolute atomic E-state index is 6.06. The van der Waals surface area contributed by atoms with E-state index in [1.54, 1.807) is 0 Å². The molecule has 0 aliphatic heterocycles. The minimum Gasteiger partial charge on any atom is -0.240 e. The van der Waals surface area contributed by atoms with Crippen molar-refractivity contribution in [2.45, 2.75) is 6.54 Å². The van der Waals surface area contributed by atoms with Gasteiger partial charge in [-0.25, -0.2) is 4.68 Å². The molecule has 0 fully saturated rings. The van der Waals surface area contributed by atoms with Crippen LogP contribution in [0.3, 0.4) is 0 Å². The molecule has 128 valence electrons. The van der Waals surface area contributed by atoms with Crippen molar-refractivity contribution in [3.63, 3.8) is 0 Å². The number of hydrogen-bond acceptors (Lipinski definition) is 2. The molecule has 3 aromatic carbocycles. The first-order valence-corrected chi connectivity index (χ1v) is 8.95. The summed E-state index contributed by atoms with van der Waals surface area (Å²) >= 11 is 12.1. The molecule has 0 N–H and O–H groups in total. The number of rotatable bonds is 4. The minimum absolute atomic E-state index is 0.638. The lowest BCUT2D eigenvalue weighted by atomic mass is 10.0. The van der Waals surface area contributed by atoms with Gasteiger partial charge in [-0.2, -0.15) is 0 Å². The molecule has 26 heavy (non-hydrogen) atoms. The van der Waals surface area contributed by atoms with Crippen molar-refractivity contribution < 1.29 is 0 Å². The fourth-order valence-corrected chi connectivity index (χ4v) is 3.13. The zero-order chi connectivity index (χ0) is 17.9. The number of aromatic nitrogens is 3. The summed E-state index contributed by atoms with van der Waals surface area (Å²) < 4.78 is 1.92. The zero-order valence-corrected chi connectivity index (χ0v) is 15.3. The fourth-order valence-electron chi connectivity index (χ4n) is 2.88. The molecule has 0 unspecified atom stereocenters. The second-order valence-corrected chi connectivity index (χ2v) is 6.82. The topological polar surface area (TPSA) is 30.7 Å². The van der Waals surface area contributed by atoms with Crippen LogP contribution < -0.4 is 0 Å². The number of halogens is 2. The van der Waals surface area contributed by atoms with Crippen LogP contribution in [0.2, 0.25) is 10.0 Å². The van der Waals surface area contributed by atoms with Crippen LogP contribution in [0.1, 0.15) is 5.56 Å². The normalized spacial score (nSPS) is 10.8. The van der Waals surface area contributed by atoms with Gasteiger partial charge in [-0.3, -0.25) is 0 Å². The highest BCUT2D eigenvalue weighted by atomic mass is 35.5. The van der Waals surface area contributed by atoms with Crippen molar-refractivity contribution in [1.29, 1.82) is 0 Å². The molecule has 0 aliphatic rings. The lowest BCUT2D eigenvalue weighted by molar-refractivity contribution is 0.656. The first-order valence-electron chi connectivity index (χ1n) is 8.20. The number of nitrogens with zero attached hydrogens (tertiary/aromatic N) is 3. The molecular weight excluding hydrogens is 365 g/mol.